The molecule has 0 aromatic carbocycles. The van der Waals surface area contributed by atoms with Gasteiger partial charge in [0.25, 0.3) is 5.91 Å². The molecule has 76 valence electrons. The quantitative estimate of drug-likeness (QED) is 0.588. The molecule has 0 aliphatic rings. The van der Waals surface area contributed by atoms with Gasteiger partial charge in [0.15, 0.2) is 0 Å². The van der Waals surface area contributed by atoms with Gasteiger partial charge in [-0.05, 0) is 6.92 Å². The molecule has 1 rings (SSSR count). The Morgan fingerprint density at radius 3 is 3.07 bits per heavy atom. The van der Waals surface area contributed by atoms with Crippen molar-refractivity contribution in [2.45, 2.75) is 6.92 Å². The lowest BCUT2D eigenvalue weighted by Crippen LogP contribution is -2.23. The molecule has 1 heterocycles. The van der Waals surface area contributed by atoms with E-state index in [2.05, 4.69) is 15.5 Å². The number of H-pyrrole nitrogens is 1. The summed E-state index contributed by atoms with van der Waals surface area (Å²) >= 11 is 0. The van der Waals surface area contributed by atoms with E-state index in [4.69, 9.17) is 5.73 Å². The molecule has 0 saturated carbocycles. The number of nitrogens with one attached hydrogen (secondary N) is 2. The fraction of sp³-hybridized carbons (Fsp3) is 0.333. The highest BCUT2D eigenvalue weighted by atomic mass is 16.1. The van der Waals surface area contributed by atoms with E-state index in [1.807, 2.05) is 6.08 Å². The molecule has 1 aromatic rings. The predicted molar refractivity (Wildman–Crippen MR) is 53.9 cm³/mol. The van der Waals surface area contributed by atoms with Crippen LogP contribution in [0.3, 0.4) is 0 Å². The highest BCUT2D eigenvalue weighted by Crippen LogP contribution is 2.01. The van der Waals surface area contributed by atoms with E-state index in [0.717, 1.165) is 5.69 Å². The van der Waals surface area contributed by atoms with Gasteiger partial charge < -0.3 is 11.1 Å². The molecule has 1 aromatic heterocycles. The van der Waals surface area contributed by atoms with Crippen LogP contribution in [0.1, 0.15) is 16.1 Å². The Morgan fingerprint density at radius 2 is 2.50 bits per heavy atom. The Balaban J connectivity index is 2.44. The molecule has 1 amide bonds. The summed E-state index contributed by atoms with van der Waals surface area (Å²) in [5.74, 6) is -0.127. The Labute approximate surface area is 82.4 Å². The van der Waals surface area contributed by atoms with Crippen molar-refractivity contribution >= 4 is 5.91 Å². The second-order valence-electron chi connectivity index (χ2n) is 2.83. The Kier molecular flexibility index (Phi) is 3.87. The summed E-state index contributed by atoms with van der Waals surface area (Å²) < 4.78 is 0. The maximum absolute atomic E-state index is 11.5. The molecule has 0 spiro atoms. The second kappa shape index (κ2) is 5.18. The molecule has 14 heavy (non-hydrogen) atoms. The first-order chi connectivity index (χ1) is 6.75. The Bertz CT molecular complexity index is 329. The van der Waals surface area contributed by atoms with E-state index in [0.29, 0.717) is 18.7 Å². The van der Waals surface area contributed by atoms with Crippen LogP contribution in [-0.2, 0) is 0 Å². The van der Waals surface area contributed by atoms with Crippen LogP contribution in [0.5, 0.6) is 0 Å². The molecule has 0 aliphatic heterocycles. The monoisotopic (exact) mass is 194 g/mol. The van der Waals surface area contributed by atoms with Crippen LogP contribution >= 0.6 is 0 Å². The Morgan fingerprint density at radius 1 is 1.71 bits per heavy atom. The number of amides is 1. The average Bonchev–Trinajstić information content (AvgIpc) is 2.59. The van der Waals surface area contributed by atoms with Crippen LogP contribution in [0.4, 0.5) is 0 Å². The highest BCUT2D eigenvalue weighted by Gasteiger charge is 2.08. The van der Waals surface area contributed by atoms with Gasteiger partial charge in [0, 0.05) is 18.8 Å². The summed E-state index contributed by atoms with van der Waals surface area (Å²) in [5, 5.41) is 9.19. The number of hydrogen-bond acceptors (Lipinski definition) is 3. The highest BCUT2D eigenvalue weighted by molar-refractivity contribution is 5.94. The summed E-state index contributed by atoms with van der Waals surface area (Å²) in [6, 6.07) is 0. The van der Waals surface area contributed by atoms with Gasteiger partial charge in [0.2, 0.25) is 0 Å². The second-order valence-corrected chi connectivity index (χ2v) is 2.83. The van der Waals surface area contributed by atoms with Crippen LogP contribution < -0.4 is 11.1 Å². The third-order valence-corrected chi connectivity index (χ3v) is 1.76. The van der Waals surface area contributed by atoms with Crippen molar-refractivity contribution < 1.29 is 4.79 Å². The number of aryl methyl sites for hydroxylation is 1. The average molecular weight is 194 g/mol. The fourth-order valence-electron chi connectivity index (χ4n) is 1.01. The lowest BCUT2D eigenvalue weighted by atomic mass is 10.2. The maximum atomic E-state index is 11.5. The number of nitrogens with two attached hydrogens (primary N) is 1. The van der Waals surface area contributed by atoms with Crippen molar-refractivity contribution in [1.82, 2.24) is 15.5 Å². The van der Waals surface area contributed by atoms with Crippen LogP contribution in [0.25, 0.3) is 0 Å². The summed E-state index contributed by atoms with van der Waals surface area (Å²) in [7, 11) is 0. The molecule has 4 N–H and O–H groups in total. The van der Waals surface area contributed by atoms with E-state index >= 15 is 0 Å². The van der Waals surface area contributed by atoms with Gasteiger partial charge >= 0.3 is 0 Å². The van der Waals surface area contributed by atoms with Crippen LogP contribution in [-0.4, -0.2) is 29.2 Å². The Hall–Kier alpha value is -1.62. The fourth-order valence-corrected chi connectivity index (χ4v) is 1.01. The van der Waals surface area contributed by atoms with Crippen LogP contribution in [0.2, 0.25) is 0 Å². The molecule has 5 nitrogen and oxygen atoms in total. The number of carbonyl (C=O) groups excluding carboxylic acids is 1. The van der Waals surface area contributed by atoms with Crippen molar-refractivity contribution in [2.24, 2.45) is 5.73 Å². The first-order valence-electron chi connectivity index (χ1n) is 4.39. The zero-order chi connectivity index (χ0) is 10.4. The van der Waals surface area contributed by atoms with Crippen molar-refractivity contribution in [2.75, 3.05) is 13.1 Å². The topological polar surface area (TPSA) is 83.8 Å². The summed E-state index contributed by atoms with van der Waals surface area (Å²) in [4.78, 5) is 11.5. The predicted octanol–water partition coefficient (Wildman–Crippen LogP) is -0.0372. The van der Waals surface area contributed by atoms with Gasteiger partial charge in [-0.25, -0.2) is 0 Å². The summed E-state index contributed by atoms with van der Waals surface area (Å²) in [6.45, 7) is 2.78. The molecule has 0 unspecified atom stereocenters. The molecular weight excluding hydrogens is 180 g/mol. The SMILES string of the molecule is Cc1[nH]ncc1C(=O)NC/C=C/CN. The number of carbonyl (C=O) groups is 1. The lowest BCUT2D eigenvalue weighted by molar-refractivity contribution is 0.0957. The molecule has 0 bridgehead atoms. The van der Waals surface area contributed by atoms with Gasteiger partial charge in [-0.1, -0.05) is 12.2 Å². The number of rotatable bonds is 4. The third kappa shape index (κ3) is 2.70. The van der Waals surface area contributed by atoms with E-state index in [1.54, 1.807) is 13.0 Å². The van der Waals surface area contributed by atoms with Gasteiger partial charge in [-0.2, -0.15) is 5.10 Å². The first-order valence-corrected chi connectivity index (χ1v) is 4.39. The van der Waals surface area contributed by atoms with Crippen molar-refractivity contribution in [3.63, 3.8) is 0 Å². The molecule has 0 atom stereocenters. The molecule has 5 heteroatoms. The normalized spacial score (nSPS) is 10.7. The van der Waals surface area contributed by atoms with Crippen LogP contribution in [0, 0.1) is 6.92 Å². The zero-order valence-corrected chi connectivity index (χ0v) is 8.08. The molecule has 0 aliphatic carbocycles. The van der Waals surface area contributed by atoms with Gasteiger partial charge in [-0.3, -0.25) is 9.89 Å². The number of nitrogens with zero attached hydrogens (tertiary/aromatic N) is 1. The van der Waals surface area contributed by atoms with E-state index in [1.165, 1.54) is 6.20 Å². The van der Waals surface area contributed by atoms with E-state index in [-0.39, 0.29) is 5.91 Å². The van der Waals surface area contributed by atoms with E-state index < -0.39 is 0 Å². The molecule has 0 radical (unpaired) electrons. The van der Waals surface area contributed by atoms with Gasteiger partial charge in [0.05, 0.1) is 11.8 Å². The number of hydrogen-bond donors (Lipinski definition) is 3. The standard InChI is InChI=1S/C9H14N4O/c1-7-8(6-12-13-7)9(14)11-5-3-2-4-10/h2-3,6H,4-5,10H2,1H3,(H,11,14)(H,12,13)/b3-2+. The van der Waals surface area contributed by atoms with E-state index in [9.17, 15) is 4.79 Å². The largest absolute Gasteiger partial charge is 0.348 e. The third-order valence-electron chi connectivity index (χ3n) is 1.76. The summed E-state index contributed by atoms with van der Waals surface area (Å²) in [5.41, 5.74) is 6.59. The molecular formula is C9H14N4O. The smallest absolute Gasteiger partial charge is 0.254 e. The molecule has 0 saturated heterocycles. The lowest BCUT2D eigenvalue weighted by Gasteiger charge is -1.99. The molecule has 0 fully saturated rings. The maximum Gasteiger partial charge on any atom is 0.254 e. The van der Waals surface area contributed by atoms with Crippen LogP contribution in [0.15, 0.2) is 18.3 Å². The first kappa shape index (κ1) is 10.5. The summed E-state index contributed by atoms with van der Waals surface area (Å²) in [6.07, 6.45) is 5.12. The number of aromatic amines is 1. The van der Waals surface area contributed by atoms with Crippen molar-refractivity contribution in [1.29, 1.82) is 0 Å². The van der Waals surface area contributed by atoms with Gasteiger partial charge in [0.1, 0.15) is 0 Å². The zero-order valence-electron chi connectivity index (χ0n) is 8.08. The van der Waals surface area contributed by atoms with Gasteiger partial charge in [-0.15, -0.1) is 0 Å². The van der Waals surface area contributed by atoms with Crippen molar-refractivity contribution in [3.8, 4) is 0 Å². The minimum Gasteiger partial charge on any atom is -0.348 e. The minimum absolute atomic E-state index is 0.127. The minimum atomic E-state index is -0.127. The number of aromatic nitrogens is 2. The van der Waals surface area contributed by atoms with Crippen molar-refractivity contribution in [3.05, 3.63) is 29.6 Å².